The fourth-order valence-corrected chi connectivity index (χ4v) is 2.54. The Morgan fingerprint density at radius 2 is 1.67 bits per heavy atom. The molecule has 0 aromatic carbocycles. The highest BCUT2D eigenvalue weighted by molar-refractivity contribution is 4.88. The number of likely N-dealkylation sites (tertiary alicyclic amines) is 1. The molecule has 0 aromatic heterocycles. The summed E-state index contributed by atoms with van der Waals surface area (Å²) in [7, 11) is 0. The molecule has 0 N–H and O–H groups in total. The van der Waals surface area contributed by atoms with Crippen LogP contribution in [0, 0.1) is 11.8 Å². The maximum absolute atomic E-state index is 2.71. The molecule has 0 aromatic rings. The highest BCUT2D eigenvalue weighted by Crippen LogP contribution is 2.31. The molecule has 1 heterocycles. The molecular formula is C11H21N. The average Bonchev–Trinajstić information content (AvgIpc) is 2.34. The second-order valence-corrected chi connectivity index (χ2v) is 4.90. The van der Waals surface area contributed by atoms with Crippen LogP contribution in [0.4, 0.5) is 0 Å². The zero-order valence-electron chi connectivity index (χ0n) is 8.42. The van der Waals surface area contributed by atoms with Gasteiger partial charge in [-0.1, -0.05) is 26.7 Å². The maximum Gasteiger partial charge on any atom is 0.00955 e. The van der Waals surface area contributed by atoms with Gasteiger partial charge < -0.3 is 0 Å². The Morgan fingerprint density at radius 3 is 2.17 bits per heavy atom. The Kier molecular flexibility index (Phi) is 2.40. The lowest BCUT2D eigenvalue weighted by molar-refractivity contribution is 0.0301. The minimum atomic E-state index is 0.905. The van der Waals surface area contributed by atoms with Gasteiger partial charge in [0.15, 0.2) is 0 Å². The molecule has 1 aliphatic heterocycles. The third kappa shape index (κ3) is 1.52. The maximum atomic E-state index is 2.71. The van der Waals surface area contributed by atoms with Crippen molar-refractivity contribution in [2.24, 2.45) is 11.8 Å². The molecule has 1 saturated carbocycles. The second kappa shape index (κ2) is 3.37. The summed E-state index contributed by atoms with van der Waals surface area (Å²) < 4.78 is 0. The van der Waals surface area contributed by atoms with E-state index in [1.54, 1.807) is 0 Å². The van der Waals surface area contributed by atoms with Crippen LogP contribution in [0.15, 0.2) is 0 Å². The van der Waals surface area contributed by atoms with E-state index in [0.29, 0.717) is 0 Å². The van der Waals surface area contributed by atoms with Crippen molar-refractivity contribution in [2.75, 3.05) is 13.1 Å². The van der Waals surface area contributed by atoms with E-state index in [1.807, 2.05) is 0 Å². The molecule has 1 saturated heterocycles. The fraction of sp³-hybridized carbons (Fsp3) is 1.00. The Balaban J connectivity index is 1.73. The lowest BCUT2D eigenvalue weighted by atomic mass is 9.87. The summed E-state index contributed by atoms with van der Waals surface area (Å²) in [5.41, 5.74) is 0. The van der Waals surface area contributed by atoms with Crippen LogP contribution in [0.25, 0.3) is 0 Å². The Bertz CT molecular complexity index is 141. The largest absolute Gasteiger partial charge is 0.300 e. The van der Waals surface area contributed by atoms with Crippen molar-refractivity contribution in [1.29, 1.82) is 0 Å². The lowest BCUT2D eigenvalue weighted by Crippen LogP contribution is -2.52. The number of nitrogens with zero attached hydrogens (tertiary/aromatic N) is 1. The number of hydrogen-bond acceptors (Lipinski definition) is 1. The van der Waals surface area contributed by atoms with Gasteiger partial charge in [0, 0.05) is 19.1 Å². The van der Waals surface area contributed by atoms with E-state index >= 15 is 0 Å². The fourth-order valence-electron chi connectivity index (χ4n) is 2.54. The third-order valence-electron chi connectivity index (χ3n) is 3.72. The van der Waals surface area contributed by atoms with E-state index in [4.69, 9.17) is 0 Å². The van der Waals surface area contributed by atoms with Gasteiger partial charge in [0.2, 0.25) is 0 Å². The van der Waals surface area contributed by atoms with Gasteiger partial charge in [-0.05, 0) is 24.7 Å². The number of rotatable bonds is 2. The second-order valence-electron chi connectivity index (χ2n) is 4.90. The zero-order chi connectivity index (χ0) is 8.55. The highest BCUT2D eigenvalue weighted by atomic mass is 15.2. The molecule has 0 bridgehead atoms. The minimum absolute atomic E-state index is 0.905. The lowest BCUT2D eigenvalue weighted by Gasteiger charge is -2.45. The Morgan fingerprint density at radius 1 is 1.08 bits per heavy atom. The summed E-state index contributed by atoms with van der Waals surface area (Å²) in [6.45, 7) is 7.50. The highest BCUT2D eigenvalue weighted by Gasteiger charge is 2.34. The molecule has 0 atom stereocenters. The molecule has 0 unspecified atom stereocenters. The Hall–Kier alpha value is -0.0400. The van der Waals surface area contributed by atoms with E-state index in [-0.39, 0.29) is 0 Å². The van der Waals surface area contributed by atoms with Gasteiger partial charge in [0.25, 0.3) is 0 Å². The van der Waals surface area contributed by atoms with E-state index in [2.05, 4.69) is 18.7 Å². The first-order valence-electron chi connectivity index (χ1n) is 5.51. The molecule has 0 amide bonds. The van der Waals surface area contributed by atoms with Gasteiger partial charge >= 0.3 is 0 Å². The molecule has 0 radical (unpaired) electrons. The van der Waals surface area contributed by atoms with E-state index < -0.39 is 0 Å². The summed E-state index contributed by atoms with van der Waals surface area (Å²) in [4.78, 5) is 2.71. The van der Waals surface area contributed by atoms with E-state index in [0.717, 1.165) is 17.9 Å². The van der Waals surface area contributed by atoms with Gasteiger partial charge in [-0.15, -0.1) is 0 Å². The standard InChI is InChI=1S/C11H21N/c1-9(2)10-7-12(8-10)11-5-3-4-6-11/h9-11H,3-8H2,1-2H3. The molecule has 1 nitrogen and oxygen atoms in total. The van der Waals surface area contributed by atoms with Crippen molar-refractivity contribution in [3.05, 3.63) is 0 Å². The normalized spacial score (nSPS) is 28.2. The Labute approximate surface area is 76.1 Å². The minimum Gasteiger partial charge on any atom is -0.300 e. The molecule has 70 valence electrons. The van der Waals surface area contributed by atoms with Crippen LogP contribution in [-0.2, 0) is 0 Å². The number of hydrogen-bond donors (Lipinski definition) is 0. The first-order chi connectivity index (χ1) is 5.77. The molecule has 0 spiro atoms. The van der Waals surface area contributed by atoms with Crippen LogP contribution < -0.4 is 0 Å². The van der Waals surface area contributed by atoms with Crippen LogP contribution in [-0.4, -0.2) is 24.0 Å². The quantitative estimate of drug-likeness (QED) is 0.611. The molecule has 1 aliphatic carbocycles. The van der Waals surface area contributed by atoms with E-state index in [1.165, 1.54) is 38.8 Å². The summed E-state index contributed by atoms with van der Waals surface area (Å²) in [6.07, 6.45) is 5.91. The third-order valence-corrected chi connectivity index (χ3v) is 3.72. The van der Waals surface area contributed by atoms with Crippen molar-refractivity contribution in [3.8, 4) is 0 Å². The zero-order valence-corrected chi connectivity index (χ0v) is 8.42. The van der Waals surface area contributed by atoms with Crippen molar-refractivity contribution < 1.29 is 0 Å². The summed E-state index contributed by atoms with van der Waals surface area (Å²) in [6, 6.07) is 0.972. The molecule has 2 aliphatic rings. The molecule has 2 fully saturated rings. The van der Waals surface area contributed by atoms with Gasteiger partial charge in [-0.2, -0.15) is 0 Å². The molecule has 12 heavy (non-hydrogen) atoms. The molecule has 2 rings (SSSR count). The van der Waals surface area contributed by atoms with Gasteiger partial charge in [-0.25, -0.2) is 0 Å². The first kappa shape index (κ1) is 8.55. The van der Waals surface area contributed by atoms with Crippen LogP contribution in [0.5, 0.6) is 0 Å². The van der Waals surface area contributed by atoms with Gasteiger partial charge in [0.05, 0.1) is 0 Å². The van der Waals surface area contributed by atoms with Crippen molar-refractivity contribution in [3.63, 3.8) is 0 Å². The van der Waals surface area contributed by atoms with Gasteiger partial charge in [-0.3, -0.25) is 4.90 Å². The molecular weight excluding hydrogens is 146 g/mol. The van der Waals surface area contributed by atoms with E-state index in [9.17, 15) is 0 Å². The summed E-state index contributed by atoms with van der Waals surface area (Å²) in [5.74, 6) is 1.91. The van der Waals surface area contributed by atoms with Crippen LogP contribution in [0.1, 0.15) is 39.5 Å². The molecule has 1 heteroatoms. The smallest absolute Gasteiger partial charge is 0.00955 e. The topological polar surface area (TPSA) is 3.24 Å². The van der Waals surface area contributed by atoms with Crippen LogP contribution in [0.3, 0.4) is 0 Å². The van der Waals surface area contributed by atoms with Crippen LogP contribution >= 0.6 is 0 Å². The monoisotopic (exact) mass is 167 g/mol. The predicted octanol–water partition coefficient (Wildman–Crippen LogP) is 2.52. The van der Waals surface area contributed by atoms with Crippen molar-refractivity contribution in [2.45, 2.75) is 45.6 Å². The summed E-state index contributed by atoms with van der Waals surface area (Å²) in [5, 5.41) is 0. The van der Waals surface area contributed by atoms with Crippen LogP contribution in [0.2, 0.25) is 0 Å². The first-order valence-corrected chi connectivity index (χ1v) is 5.51. The van der Waals surface area contributed by atoms with Gasteiger partial charge in [0.1, 0.15) is 0 Å². The SMILES string of the molecule is CC(C)C1CN(C2CCCC2)C1. The van der Waals surface area contributed by atoms with Crippen molar-refractivity contribution in [1.82, 2.24) is 4.90 Å². The average molecular weight is 167 g/mol. The van der Waals surface area contributed by atoms with Crippen molar-refractivity contribution >= 4 is 0 Å². The predicted molar refractivity (Wildman–Crippen MR) is 52.2 cm³/mol. The summed E-state index contributed by atoms with van der Waals surface area (Å²) >= 11 is 0.